The highest BCUT2D eigenvalue weighted by atomic mass is 19.1. The molecule has 1 aliphatic carbocycles. The second kappa shape index (κ2) is 10.7. The van der Waals surface area contributed by atoms with Crippen LogP contribution in [0.2, 0.25) is 0 Å². The van der Waals surface area contributed by atoms with Gasteiger partial charge in [0.1, 0.15) is 17.6 Å². The van der Waals surface area contributed by atoms with Crippen LogP contribution >= 0.6 is 0 Å². The molecule has 0 bridgehead atoms. The number of furan rings is 1. The maximum Gasteiger partial charge on any atom is 0.291 e. The van der Waals surface area contributed by atoms with Gasteiger partial charge in [-0.1, -0.05) is 6.07 Å². The quantitative estimate of drug-likeness (QED) is 0.339. The molecule has 5 rings (SSSR count). The summed E-state index contributed by atoms with van der Waals surface area (Å²) < 4.78 is 27.2. The summed E-state index contributed by atoms with van der Waals surface area (Å²) in [5.41, 5.74) is 2.17. The zero-order chi connectivity index (χ0) is 24.8. The second-order valence-electron chi connectivity index (χ2n) is 7.54. The number of carboxylic acid groups (broad SMARTS) is 1. The van der Waals surface area contributed by atoms with Crippen molar-refractivity contribution in [3.63, 3.8) is 0 Å². The topological polar surface area (TPSA) is 148 Å². The number of carbonyl (C=O) groups is 2. The molecular weight excluding hydrogens is 459 g/mol. The minimum Gasteiger partial charge on any atom is -0.483 e. The Kier molecular flexibility index (Phi) is 7.31. The zero-order valence-electron chi connectivity index (χ0n) is 18.7. The minimum atomic E-state index is -1.17. The number of ether oxygens (including phenoxy) is 1. The molecule has 1 saturated carbocycles. The van der Waals surface area contributed by atoms with Gasteiger partial charge in [0.25, 0.3) is 12.4 Å². The summed E-state index contributed by atoms with van der Waals surface area (Å²) in [4.78, 5) is 25.6. The Labute approximate surface area is 198 Å². The van der Waals surface area contributed by atoms with Gasteiger partial charge in [-0.2, -0.15) is 10.2 Å². The van der Waals surface area contributed by atoms with E-state index in [0.29, 0.717) is 35.9 Å². The summed E-state index contributed by atoms with van der Waals surface area (Å²) in [5, 5.41) is 20.8. The number of carbonyl (C=O) groups excluding carboxylic acids is 1. The minimum absolute atomic E-state index is 0.129. The number of amides is 1. The van der Waals surface area contributed by atoms with Crippen LogP contribution in [0.15, 0.2) is 59.5 Å². The number of rotatable bonds is 7. The summed E-state index contributed by atoms with van der Waals surface area (Å²) in [5.74, 6) is 0.194. The van der Waals surface area contributed by atoms with E-state index in [1.165, 1.54) is 0 Å². The van der Waals surface area contributed by atoms with Crippen LogP contribution in [-0.4, -0.2) is 61.3 Å². The lowest BCUT2D eigenvalue weighted by molar-refractivity contribution is -0.122. The van der Waals surface area contributed by atoms with Crippen LogP contribution in [0.1, 0.15) is 29.9 Å². The van der Waals surface area contributed by atoms with Crippen molar-refractivity contribution in [2.24, 2.45) is 0 Å². The number of anilines is 1. The maximum absolute atomic E-state index is 14.6. The smallest absolute Gasteiger partial charge is 0.291 e. The van der Waals surface area contributed by atoms with E-state index in [9.17, 15) is 9.18 Å². The average molecular weight is 482 g/mol. The number of nitrogens with one attached hydrogen (secondary N) is 2. The predicted molar refractivity (Wildman–Crippen MR) is 122 cm³/mol. The Morgan fingerprint density at radius 1 is 1.40 bits per heavy atom. The number of alkyl halides is 1. The first-order chi connectivity index (χ1) is 17.0. The van der Waals surface area contributed by atoms with Crippen LogP contribution in [0.4, 0.5) is 10.1 Å². The largest absolute Gasteiger partial charge is 0.483 e. The molecule has 0 spiro atoms. The predicted octanol–water partition coefficient (Wildman–Crippen LogP) is 3.57. The molecule has 0 saturated heterocycles. The van der Waals surface area contributed by atoms with Gasteiger partial charge in [0.15, 0.2) is 5.76 Å². The molecule has 3 N–H and O–H groups in total. The Balaban J connectivity index is 0.000000917. The number of nitrogens with zero attached hydrogens (tertiary/aromatic N) is 4. The Hall–Kier alpha value is -4.32. The molecule has 12 heteroatoms. The van der Waals surface area contributed by atoms with E-state index < -0.39 is 24.2 Å². The molecule has 3 atom stereocenters. The number of aromatic amines is 1. The van der Waals surface area contributed by atoms with E-state index in [-0.39, 0.29) is 12.2 Å². The highest BCUT2D eigenvalue weighted by molar-refractivity contribution is 6.04. The fraction of sp³-hybridized carbons (Fsp3) is 0.261. The number of aromatic nitrogens is 5. The van der Waals surface area contributed by atoms with Crippen LogP contribution in [-0.2, 0) is 9.53 Å². The lowest BCUT2D eigenvalue weighted by atomic mass is 9.87. The molecule has 11 nitrogen and oxygen atoms in total. The Bertz CT molecular complexity index is 1260. The summed E-state index contributed by atoms with van der Waals surface area (Å²) in [6.07, 6.45) is 5.44. The van der Waals surface area contributed by atoms with E-state index >= 15 is 0 Å². The molecule has 4 aromatic heterocycles. The third-order valence-corrected chi connectivity index (χ3v) is 5.42. The van der Waals surface area contributed by atoms with E-state index in [0.717, 1.165) is 5.56 Å². The van der Waals surface area contributed by atoms with Gasteiger partial charge in [-0.15, -0.1) is 0 Å². The van der Waals surface area contributed by atoms with Crippen molar-refractivity contribution in [1.29, 1.82) is 0 Å². The average Bonchev–Trinajstić information content (AvgIpc) is 3.63. The van der Waals surface area contributed by atoms with Crippen molar-refractivity contribution in [2.75, 3.05) is 11.9 Å². The SMILES string of the molecule is CCO[C@@H]1C[C@H](n2cc(NC(=O)c3ccc(-c4cn[nH]c4)o3)c(-c3ccccn3)n2)C1F.O=CO. The lowest BCUT2D eigenvalue weighted by Crippen LogP contribution is -2.46. The Morgan fingerprint density at radius 2 is 2.23 bits per heavy atom. The maximum atomic E-state index is 14.6. The summed E-state index contributed by atoms with van der Waals surface area (Å²) in [7, 11) is 0. The highest BCUT2D eigenvalue weighted by Crippen LogP contribution is 2.39. The van der Waals surface area contributed by atoms with Crippen molar-refractivity contribution in [3.05, 3.63) is 60.9 Å². The van der Waals surface area contributed by atoms with Gasteiger partial charge >= 0.3 is 0 Å². The van der Waals surface area contributed by atoms with Crippen LogP contribution in [0, 0.1) is 0 Å². The fourth-order valence-corrected chi connectivity index (χ4v) is 3.71. The van der Waals surface area contributed by atoms with Gasteiger partial charge in [0.2, 0.25) is 0 Å². The second-order valence-corrected chi connectivity index (χ2v) is 7.54. The van der Waals surface area contributed by atoms with Crippen molar-refractivity contribution in [3.8, 4) is 22.7 Å². The summed E-state index contributed by atoms with van der Waals surface area (Å²) >= 11 is 0. The van der Waals surface area contributed by atoms with E-state index in [1.807, 2.05) is 13.0 Å². The summed E-state index contributed by atoms with van der Waals surface area (Å²) in [6.45, 7) is 2.05. The van der Waals surface area contributed by atoms with Crippen LogP contribution in [0.3, 0.4) is 0 Å². The molecule has 182 valence electrons. The molecule has 35 heavy (non-hydrogen) atoms. The molecule has 4 heterocycles. The normalized spacial score (nSPS) is 18.7. The number of hydrogen-bond acceptors (Lipinski definition) is 7. The van der Waals surface area contributed by atoms with Gasteiger partial charge < -0.3 is 19.6 Å². The number of H-pyrrole nitrogens is 1. The van der Waals surface area contributed by atoms with Crippen LogP contribution in [0.5, 0.6) is 0 Å². The molecule has 0 aliphatic heterocycles. The Morgan fingerprint density at radius 3 is 2.89 bits per heavy atom. The van der Waals surface area contributed by atoms with Crippen molar-refractivity contribution < 1.29 is 28.2 Å². The molecule has 0 aromatic carbocycles. The molecule has 1 unspecified atom stereocenters. The third-order valence-electron chi connectivity index (χ3n) is 5.42. The number of hydrogen-bond donors (Lipinski definition) is 3. The number of halogens is 1. The molecule has 1 amide bonds. The first kappa shape index (κ1) is 23.8. The van der Waals surface area contributed by atoms with E-state index in [2.05, 4.69) is 25.6 Å². The van der Waals surface area contributed by atoms with E-state index in [1.54, 1.807) is 53.7 Å². The van der Waals surface area contributed by atoms with Crippen LogP contribution in [0.25, 0.3) is 22.7 Å². The first-order valence-electron chi connectivity index (χ1n) is 10.8. The van der Waals surface area contributed by atoms with Crippen molar-refractivity contribution in [1.82, 2.24) is 25.0 Å². The van der Waals surface area contributed by atoms with Crippen molar-refractivity contribution in [2.45, 2.75) is 31.7 Å². The standard InChI is InChI=1S/C22H21FN6O3.CH2O2/c1-2-31-19-9-16(20(19)23)29-12-15(21(28-29)14-5-3-4-8-24-14)27-22(30)18-7-6-17(32-18)13-10-25-26-11-13;2-1-3/h3-8,10-12,16,19-20H,2,9H2,1H3,(H,25,26)(H,27,30);1H,(H,2,3)/t16-,19+,20?;/m0./s1. The molecule has 1 fully saturated rings. The highest BCUT2D eigenvalue weighted by Gasteiger charge is 2.44. The van der Waals surface area contributed by atoms with Gasteiger partial charge in [0, 0.05) is 31.6 Å². The number of pyridine rings is 1. The zero-order valence-corrected chi connectivity index (χ0v) is 18.7. The summed E-state index contributed by atoms with van der Waals surface area (Å²) in [6, 6.07) is 8.20. The van der Waals surface area contributed by atoms with Crippen molar-refractivity contribution >= 4 is 18.1 Å². The monoisotopic (exact) mass is 482 g/mol. The lowest BCUT2D eigenvalue weighted by Gasteiger charge is -2.38. The van der Waals surface area contributed by atoms with Crippen LogP contribution < -0.4 is 5.32 Å². The van der Waals surface area contributed by atoms with Gasteiger partial charge in [-0.05, 0) is 31.2 Å². The fourth-order valence-electron chi connectivity index (χ4n) is 3.71. The van der Waals surface area contributed by atoms with Gasteiger partial charge in [0.05, 0.1) is 35.3 Å². The molecule has 1 aliphatic rings. The van der Waals surface area contributed by atoms with Gasteiger partial charge in [-0.25, -0.2) is 4.39 Å². The molecule has 4 aromatic rings. The third kappa shape index (κ3) is 5.11. The molecule has 0 radical (unpaired) electrons. The van der Waals surface area contributed by atoms with Gasteiger partial charge in [-0.3, -0.25) is 24.4 Å². The first-order valence-corrected chi connectivity index (χ1v) is 10.8. The molecular formula is C23H23FN6O5. The van der Waals surface area contributed by atoms with E-state index in [4.69, 9.17) is 19.1 Å².